The fraction of sp³-hybridized carbons (Fsp3) is 0.300. The van der Waals surface area contributed by atoms with Crippen molar-refractivity contribution in [1.82, 2.24) is 0 Å². The summed E-state index contributed by atoms with van der Waals surface area (Å²) in [5.41, 5.74) is 3.31. The van der Waals surface area contributed by atoms with Gasteiger partial charge in [0.05, 0.1) is 11.4 Å². The van der Waals surface area contributed by atoms with Crippen molar-refractivity contribution in [2.24, 2.45) is 9.98 Å². The standard InChI is InChI=1S/C20H24N2O2Si2/c1-15-11-17(7-9-19(15)21-13-23)26(6,25(3,4)5)18-8-10-20(22-14-24)16(2)12-18/h7-12H,1-6H3. The smallest absolute Gasteiger partial charge is 0.211 e. The summed E-state index contributed by atoms with van der Waals surface area (Å²) in [6.45, 7) is 13.6. The van der Waals surface area contributed by atoms with Crippen LogP contribution in [0.3, 0.4) is 0 Å². The predicted octanol–water partition coefficient (Wildman–Crippen LogP) is 3.85. The third kappa shape index (κ3) is 3.59. The minimum absolute atomic E-state index is 0.669. The highest BCUT2D eigenvalue weighted by atomic mass is 29.3. The minimum atomic E-state index is -2.00. The van der Waals surface area contributed by atoms with Crippen LogP contribution in [0.4, 0.5) is 11.4 Å². The number of hydrogen-bond acceptors (Lipinski definition) is 4. The van der Waals surface area contributed by atoms with Crippen LogP contribution in [-0.4, -0.2) is 27.3 Å². The molecule has 2 rings (SSSR count). The van der Waals surface area contributed by atoms with Gasteiger partial charge in [-0.05, 0) is 37.1 Å². The van der Waals surface area contributed by atoms with E-state index in [9.17, 15) is 9.59 Å². The van der Waals surface area contributed by atoms with Crippen LogP contribution in [0.5, 0.6) is 0 Å². The third-order valence-corrected chi connectivity index (χ3v) is 22.0. The van der Waals surface area contributed by atoms with Crippen molar-refractivity contribution in [2.45, 2.75) is 40.0 Å². The normalized spacial score (nSPS) is 13.3. The molecule has 6 heteroatoms. The van der Waals surface area contributed by atoms with Gasteiger partial charge in [-0.15, -0.1) is 0 Å². The second-order valence-electron chi connectivity index (χ2n) is 7.78. The highest BCUT2D eigenvalue weighted by Crippen LogP contribution is 2.25. The molecule has 2 aromatic rings. The number of carbonyl (C=O) groups excluding carboxylic acids is 2. The maximum atomic E-state index is 10.6. The molecule has 0 radical (unpaired) electrons. The van der Waals surface area contributed by atoms with E-state index in [1.807, 2.05) is 26.0 Å². The molecule has 0 atom stereocenters. The molecule has 0 saturated heterocycles. The molecule has 2 aromatic carbocycles. The van der Waals surface area contributed by atoms with Crippen LogP contribution in [-0.2, 0) is 9.59 Å². The van der Waals surface area contributed by atoms with Crippen LogP contribution >= 0.6 is 0 Å². The molecule has 0 aliphatic carbocycles. The first-order valence-corrected chi connectivity index (χ1v) is 15.5. The first-order chi connectivity index (χ1) is 12.1. The van der Waals surface area contributed by atoms with Crippen LogP contribution < -0.4 is 10.4 Å². The van der Waals surface area contributed by atoms with Gasteiger partial charge in [-0.25, -0.2) is 9.59 Å². The lowest BCUT2D eigenvalue weighted by atomic mass is 10.2. The highest BCUT2D eigenvalue weighted by Gasteiger charge is 2.44. The van der Waals surface area contributed by atoms with E-state index in [1.165, 1.54) is 10.4 Å². The molecular weight excluding hydrogens is 356 g/mol. The van der Waals surface area contributed by atoms with Crippen LogP contribution in [0.1, 0.15) is 11.1 Å². The zero-order chi connectivity index (χ0) is 19.5. The molecule has 0 amide bonds. The molecule has 0 aliphatic rings. The molecule has 4 nitrogen and oxygen atoms in total. The number of isocyanates is 2. The Bertz CT molecular complexity index is 868. The van der Waals surface area contributed by atoms with Crippen molar-refractivity contribution in [2.75, 3.05) is 0 Å². The number of rotatable bonds is 5. The van der Waals surface area contributed by atoms with Crippen LogP contribution in [0, 0.1) is 13.8 Å². The molecular formula is C20H24N2O2Si2. The van der Waals surface area contributed by atoms with Crippen molar-refractivity contribution < 1.29 is 9.59 Å². The fourth-order valence-corrected chi connectivity index (χ4v) is 13.4. The van der Waals surface area contributed by atoms with E-state index in [2.05, 4.69) is 60.4 Å². The SMILES string of the molecule is Cc1cc([Si](C)(c2ccc(N=C=O)c(C)c2)[Si](C)(C)C)ccc1N=C=O. The van der Waals surface area contributed by atoms with Gasteiger partial charge in [0.2, 0.25) is 12.2 Å². The van der Waals surface area contributed by atoms with E-state index in [0.29, 0.717) is 11.4 Å². The average molecular weight is 381 g/mol. The first-order valence-electron chi connectivity index (χ1n) is 8.53. The molecule has 0 heterocycles. The number of aliphatic imine (C=N–C) groups is 2. The zero-order valence-corrected chi connectivity index (χ0v) is 18.2. The van der Waals surface area contributed by atoms with Crippen LogP contribution in [0.2, 0.25) is 26.2 Å². The Morgan fingerprint density at radius 1 is 0.731 bits per heavy atom. The first kappa shape index (κ1) is 20.0. The van der Waals surface area contributed by atoms with Gasteiger partial charge in [0, 0.05) is 7.59 Å². The third-order valence-electron chi connectivity index (χ3n) is 5.38. The quantitative estimate of drug-likeness (QED) is 0.449. The molecule has 0 saturated carbocycles. The van der Waals surface area contributed by atoms with Crippen molar-refractivity contribution in [3.05, 3.63) is 47.5 Å². The van der Waals surface area contributed by atoms with Crippen molar-refractivity contribution in [1.29, 1.82) is 0 Å². The van der Waals surface area contributed by atoms with Crippen molar-refractivity contribution in [3.63, 3.8) is 0 Å². The van der Waals surface area contributed by atoms with Crippen molar-refractivity contribution in [3.8, 4) is 0 Å². The van der Waals surface area contributed by atoms with Gasteiger partial charge in [0.25, 0.3) is 0 Å². The Morgan fingerprint density at radius 3 is 1.38 bits per heavy atom. The highest BCUT2D eigenvalue weighted by molar-refractivity contribution is 7.50. The average Bonchev–Trinajstić information content (AvgIpc) is 2.57. The maximum Gasteiger partial charge on any atom is 0.240 e. The van der Waals surface area contributed by atoms with E-state index >= 15 is 0 Å². The van der Waals surface area contributed by atoms with Gasteiger partial charge in [-0.2, -0.15) is 9.98 Å². The van der Waals surface area contributed by atoms with Crippen molar-refractivity contribution >= 4 is 49.1 Å². The van der Waals surface area contributed by atoms with E-state index in [4.69, 9.17) is 0 Å². The van der Waals surface area contributed by atoms with E-state index < -0.39 is 15.2 Å². The van der Waals surface area contributed by atoms with Gasteiger partial charge in [0.15, 0.2) is 0 Å². The number of nitrogens with zero attached hydrogens (tertiary/aromatic N) is 2. The maximum absolute atomic E-state index is 10.6. The fourth-order valence-electron chi connectivity index (χ4n) is 3.31. The monoisotopic (exact) mass is 380 g/mol. The summed E-state index contributed by atoms with van der Waals surface area (Å²) in [4.78, 5) is 28.8. The molecule has 134 valence electrons. The van der Waals surface area contributed by atoms with E-state index in [-0.39, 0.29) is 0 Å². The molecule has 26 heavy (non-hydrogen) atoms. The Morgan fingerprint density at radius 2 is 1.12 bits per heavy atom. The summed E-state index contributed by atoms with van der Waals surface area (Å²) in [5.74, 6) is 0. The zero-order valence-electron chi connectivity index (χ0n) is 16.2. The lowest BCUT2D eigenvalue weighted by molar-refractivity contribution is 0.564. The summed E-state index contributed by atoms with van der Waals surface area (Å²) >= 11 is 0. The minimum Gasteiger partial charge on any atom is -0.211 e. The molecule has 0 spiro atoms. The second kappa shape index (κ2) is 7.48. The summed E-state index contributed by atoms with van der Waals surface area (Å²) in [6, 6.07) is 12.4. The second-order valence-corrected chi connectivity index (χ2v) is 23.2. The predicted molar refractivity (Wildman–Crippen MR) is 112 cm³/mol. The van der Waals surface area contributed by atoms with Gasteiger partial charge < -0.3 is 0 Å². The summed E-state index contributed by atoms with van der Waals surface area (Å²) in [7, 11) is -3.59. The number of hydrogen-bond donors (Lipinski definition) is 0. The molecule has 0 fully saturated rings. The number of aryl methyl sites for hydroxylation is 2. The summed E-state index contributed by atoms with van der Waals surface area (Å²) in [6.07, 6.45) is 3.25. The van der Waals surface area contributed by atoms with E-state index in [0.717, 1.165) is 11.1 Å². The summed E-state index contributed by atoms with van der Waals surface area (Å²) < 4.78 is 0. The Labute approximate surface area is 156 Å². The van der Waals surface area contributed by atoms with Crippen LogP contribution in [0.15, 0.2) is 46.4 Å². The van der Waals surface area contributed by atoms with Gasteiger partial charge in [0.1, 0.15) is 7.59 Å². The lowest BCUT2D eigenvalue weighted by Gasteiger charge is -2.40. The molecule has 0 aliphatic heterocycles. The molecule has 0 aromatic heterocycles. The van der Waals surface area contributed by atoms with Gasteiger partial charge in [-0.1, -0.05) is 60.8 Å². The van der Waals surface area contributed by atoms with Gasteiger partial charge in [-0.3, -0.25) is 0 Å². The molecule has 0 unspecified atom stereocenters. The largest absolute Gasteiger partial charge is 0.240 e. The van der Waals surface area contributed by atoms with E-state index in [1.54, 1.807) is 12.2 Å². The number of benzene rings is 2. The summed E-state index contributed by atoms with van der Waals surface area (Å²) in [5, 5.41) is 2.68. The van der Waals surface area contributed by atoms with Crippen LogP contribution in [0.25, 0.3) is 0 Å². The molecule has 0 N–H and O–H groups in total. The van der Waals surface area contributed by atoms with Gasteiger partial charge >= 0.3 is 0 Å². The Kier molecular flexibility index (Phi) is 5.74. The molecule has 0 bridgehead atoms. The Hall–Kier alpha value is -2.37. The Balaban J connectivity index is 2.71. The topological polar surface area (TPSA) is 58.9 Å². The lowest BCUT2D eigenvalue weighted by Crippen LogP contribution is -2.71.